The van der Waals surface area contributed by atoms with E-state index in [2.05, 4.69) is 4.72 Å². The highest BCUT2D eigenvalue weighted by Gasteiger charge is 2.14. The average Bonchev–Trinajstić information content (AvgIpc) is 2.86. The Labute approximate surface area is 221 Å². The zero-order valence-corrected chi connectivity index (χ0v) is 22.7. The van der Waals surface area contributed by atoms with E-state index < -0.39 is 25.8 Å². The molecule has 37 heavy (non-hydrogen) atoms. The number of carboxylic acid groups (broad SMARTS) is 1. The van der Waals surface area contributed by atoms with Gasteiger partial charge in [-0.25, -0.2) is 8.78 Å². The Morgan fingerprint density at radius 2 is 1.51 bits per heavy atom. The number of rotatable bonds is 11. The highest BCUT2D eigenvalue weighted by Crippen LogP contribution is 2.37. The lowest BCUT2D eigenvalue weighted by Gasteiger charge is -2.16. The van der Waals surface area contributed by atoms with Crippen LogP contribution in [-0.2, 0) is 13.8 Å². The van der Waals surface area contributed by atoms with Gasteiger partial charge in [-0.15, -0.1) is 0 Å². The molecule has 0 unspecified atom stereocenters. The number of benzene rings is 3. The Morgan fingerprint density at radius 1 is 0.973 bits per heavy atom. The topological polar surface area (TPSA) is 77.0 Å². The van der Waals surface area contributed by atoms with Crippen LogP contribution >= 0.6 is 20.3 Å². The van der Waals surface area contributed by atoms with Crippen molar-refractivity contribution in [3.8, 4) is 11.5 Å². The molecule has 0 amide bonds. The van der Waals surface area contributed by atoms with Crippen molar-refractivity contribution in [2.24, 2.45) is 0 Å². The summed E-state index contributed by atoms with van der Waals surface area (Å²) in [5.41, 5.74) is 2.34. The van der Waals surface area contributed by atoms with E-state index in [1.54, 1.807) is 18.2 Å². The van der Waals surface area contributed by atoms with Crippen LogP contribution in [0.2, 0.25) is 0 Å². The summed E-state index contributed by atoms with van der Waals surface area (Å²) < 4.78 is 48.9. The number of ether oxygens (including phenoxy) is 1. The van der Waals surface area contributed by atoms with Crippen LogP contribution in [0.1, 0.15) is 33.3 Å². The van der Waals surface area contributed by atoms with Crippen molar-refractivity contribution in [2.75, 3.05) is 17.9 Å². The molecule has 198 valence electrons. The van der Waals surface area contributed by atoms with Gasteiger partial charge in [-0.1, -0.05) is 11.6 Å². The molecule has 2 N–H and O–H groups in total. The molecule has 0 spiro atoms. The molecular weight excluding hydrogens is 519 g/mol. The van der Waals surface area contributed by atoms with Crippen LogP contribution in [0.3, 0.4) is 0 Å². The summed E-state index contributed by atoms with van der Waals surface area (Å²) in [5.74, 6) is -1.55. The van der Waals surface area contributed by atoms with Gasteiger partial charge < -0.3 is 23.6 Å². The van der Waals surface area contributed by atoms with Crippen LogP contribution in [0, 0.1) is 11.6 Å². The largest absolute Gasteiger partial charge is 0.483 e. The van der Waals surface area contributed by atoms with E-state index in [-0.39, 0.29) is 6.47 Å². The number of nitrogens with one attached hydrogen (secondary N) is 1. The summed E-state index contributed by atoms with van der Waals surface area (Å²) in [4.78, 5) is 9.28. The van der Waals surface area contributed by atoms with E-state index in [0.717, 1.165) is 21.5 Å². The van der Waals surface area contributed by atoms with Crippen molar-refractivity contribution in [1.29, 1.82) is 0 Å². The molecule has 0 aliphatic rings. The minimum absolute atomic E-state index is 0.250. The Kier molecular flexibility index (Phi) is 13.1. The first kappa shape index (κ1) is 30.3. The number of anilines is 1. The second-order valence-corrected chi connectivity index (χ2v) is 9.98. The normalized spacial score (nSPS) is 10.4. The van der Waals surface area contributed by atoms with E-state index in [1.807, 2.05) is 64.1 Å². The molecule has 0 aromatic heterocycles. The molecule has 6 nitrogen and oxygen atoms in total. The highest BCUT2D eigenvalue weighted by molar-refractivity contribution is 8.00. The SMILES string of the molecule is CCOP(OCC)c1ccc(NSc2ccc(Oc3c(F)cc(C=C(C)C)cc3F)cc2)cc1.O=CO. The van der Waals surface area contributed by atoms with E-state index in [4.69, 9.17) is 23.7 Å². The number of carbonyl (C=O) groups is 1. The Bertz CT molecular complexity index is 1130. The van der Waals surface area contributed by atoms with Crippen molar-refractivity contribution >= 4 is 43.9 Å². The molecule has 0 saturated heterocycles. The average molecular weight is 550 g/mol. The molecule has 0 aliphatic carbocycles. The highest BCUT2D eigenvalue weighted by atomic mass is 32.2. The van der Waals surface area contributed by atoms with E-state index in [9.17, 15) is 8.78 Å². The van der Waals surface area contributed by atoms with Gasteiger partial charge in [0.2, 0.25) is 8.38 Å². The first-order valence-electron chi connectivity index (χ1n) is 11.4. The molecule has 0 fully saturated rings. The molecule has 3 rings (SSSR count). The number of hydrogen-bond donors (Lipinski definition) is 2. The minimum atomic E-state index is -1.06. The fraction of sp³-hybridized carbons (Fsp3) is 0.222. The maximum atomic E-state index is 14.4. The fourth-order valence-electron chi connectivity index (χ4n) is 2.98. The van der Waals surface area contributed by atoms with E-state index in [1.165, 1.54) is 24.1 Å². The molecule has 0 atom stereocenters. The van der Waals surface area contributed by atoms with Crippen LogP contribution in [-0.4, -0.2) is 24.8 Å². The third kappa shape index (κ3) is 10.1. The van der Waals surface area contributed by atoms with Crippen LogP contribution in [0.5, 0.6) is 11.5 Å². The Balaban J connectivity index is 0.00000153. The van der Waals surface area contributed by atoms with Gasteiger partial charge in [0.15, 0.2) is 17.4 Å². The predicted octanol–water partition coefficient (Wildman–Crippen LogP) is 8.01. The van der Waals surface area contributed by atoms with Gasteiger partial charge in [0.25, 0.3) is 6.47 Å². The minimum Gasteiger partial charge on any atom is -0.483 e. The van der Waals surface area contributed by atoms with Gasteiger partial charge in [0, 0.05) is 15.9 Å². The monoisotopic (exact) mass is 549 g/mol. The molecule has 0 aliphatic heterocycles. The quantitative estimate of drug-likeness (QED) is 0.143. The fourth-order valence-corrected chi connectivity index (χ4v) is 4.86. The Hall–Kier alpha value is -2.97. The van der Waals surface area contributed by atoms with Crippen molar-refractivity contribution in [3.05, 3.63) is 83.4 Å². The molecule has 0 bridgehead atoms. The number of allylic oxidation sites excluding steroid dienone is 1. The van der Waals surface area contributed by atoms with Gasteiger partial charge in [0.05, 0.1) is 13.2 Å². The van der Waals surface area contributed by atoms with Gasteiger partial charge in [-0.2, -0.15) is 0 Å². The van der Waals surface area contributed by atoms with Gasteiger partial charge in [-0.3, -0.25) is 4.79 Å². The van der Waals surface area contributed by atoms with Gasteiger partial charge in [0.1, 0.15) is 5.75 Å². The molecule has 0 radical (unpaired) electrons. The van der Waals surface area contributed by atoms with E-state index in [0.29, 0.717) is 24.5 Å². The first-order chi connectivity index (χ1) is 17.8. The third-order valence-corrected chi connectivity index (χ3v) is 6.93. The third-order valence-electron chi connectivity index (χ3n) is 4.38. The van der Waals surface area contributed by atoms with E-state index >= 15 is 0 Å². The summed E-state index contributed by atoms with van der Waals surface area (Å²) in [5, 5.41) is 7.91. The van der Waals surface area contributed by atoms with Crippen LogP contribution in [0.4, 0.5) is 14.5 Å². The zero-order valence-electron chi connectivity index (χ0n) is 21.0. The summed E-state index contributed by atoms with van der Waals surface area (Å²) >= 11 is 1.42. The molecule has 3 aromatic carbocycles. The second kappa shape index (κ2) is 16.0. The lowest BCUT2D eigenvalue weighted by atomic mass is 10.1. The molecule has 3 aromatic rings. The van der Waals surface area contributed by atoms with Gasteiger partial charge in [-0.05, 0) is 106 Å². The van der Waals surface area contributed by atoms with Crippen molar-refractivity contribution in [1.82, 2.24) is 0 Å². The standard InChI is InChI=1S/C26H28F2NO3PS.CH2O2/c1-5-30-33(31-6-2)22-11-7-20(8-12-22)29-34-23-13-9-21(10-14-23)32-26-24(27)16-19(15-18(3)4)17-25(26)28;2-1-3/h7-17,29H,5-6H2,1-4H3;1H,(H,2,3). The smallest absolute Gasteiger partial charge is 0.290 e. The van der Waals surface area contributed by atoms with Crippen LogP contribution in [0.25, 0.3) is 6.08 Å². The lowest BCUT2D eigenvalue weighted by molar-refractivity contribution is -0.122. The number of halogens is 2. The van der Waals surface area contributed by atoms with Crippen molar-refractivity contribution in [3.63, 3.8) is 0 Å². The maximum absolute atomic E-state index is 14.4. The van der Waals surface area contributed by atoms with Crippen LogP contribution in [0.15, 0.2) is 71.1 Å². The zero-order chi connectivity index (χ0) is 27.2. The van der Waals surface area contributed by atoms with Gasteiger partial charge >= 0.3 is 0 Å². The molecule has 10 heteroatoms. The first-order valence-corrected chi connectivity index (χ1v) is 13.4. The maximum Gasteiger partial charge on any atom is 0.290 e. The Morgan fingerprint density at radius 3 is 2.00 bits per heavy atom. The summed E-state index contributed by atoms with van der Waals surface area (Å²) in [6.45, 7) is 8.58. The molecular formula is C27H30F2NO5PS. The van der Waals surface area contributed by atoms with Crippen LogP contribution < -0.4 is 14.8 Å². The molecule has 0 heterocycles. The summed E-state index contributed by atoms with van der Waals surface area (Å²) in [6, 6.07) is 17.4. The predicted molar refractivity (Wildman–Crippen MR) is 147 cm³/mol. The number of hydrogen-bond acceptors (Lipinski definition) is 6. The van der Waals surface area contributed by atoms with Crippen molar-refractivity contribution < 1.29 is 32.5 Å². The molecule has 0 saturated carbocycles. The lowest BCUT2D eigenvalue weighted by Crippen LogP contribution is -2.06. The summed E-state index contributed by atoms with van der Waals surface area (Å²) in [7, 11) is -1.06. The summed E-state index contributed by atoms with van der Waals surface area (Å²) in [6.07, 6.45) is 1.71. The van der Waals surface area contributed by atoms with Crippen molar-refractivity contribution in [2.45, 2.75) is 32.6 Å². The second-order valence-electron chi connectivity index (χ2n) is 7.56.